The SMILES string of the molecule is CNCc1c(-c2ccc(F)cc2)nc2ccccn12. The Morgan fingerprint density at radius 1 is 1.16 bits per heavy atom. The Kier molecular flexibility index (Phi) is 3.01. The van der Waals surface area contributed by atoms with Gasteiger partial charge in [0.15, 0.2) is 0 Å². The van der Waals surface area contributed by atoms with Crippen LogP contribution in [-0.2, 0) is 6.54 Å². The molecule has 0 aliphatic rings. The fourth-order valence-corrected chi connectivity index (χ4v) is 2.22. The van der Waals surface area contributed by atoms with Crippen molar-refractivity contribution in [1.82, 2.24) is 14.7 Å². The van der Waals surface area contributed by atoms with E-state index in [-0.39, 0.29) is 5.82 Å². The summed E-state index contributed by atoms with van der Waals surface area (Å²) in [6, 6.07) is 12.3. The van der Waals surface area contributed by atoms with Gasteiger partial charge in [0.05, 0.1) is 11.4 Å². The van der Waals surface area contributed by atoms with Gasteiger partial charge in [-0.1, -0.05) is 6.07 Å². The van der Waals surface area contributed by atoms with E-state index in [1.807, 2.05) is 31.4 Å². The third-order valence-electron chi connectivity index (χ3n) is 3.09. The van der Waals surface area contributed by atoms with Crippen LogP contribution in [0.1, 0.15) is 5.69 Å². The van der Waals surface area contributed by atoms with E-state index in [1.54, 1.807) is 12.1 Å². The van der Waals surface area contributed by atoms with Crippen molar-refractivity contribution in [3.8, 4) is 11.3 Å². The standard InChI is InChI=1S/C15H14FN3/c1-17-10-13-15(11-5-7-12(16)8-6-11)18-14-4-2-3-9-19(13)14/h2-9,17H,10H2,1H3. The molecule has 0 aliphatic heterocycles. The summed E-state index contributed by atoms with van der Waals surface area (Å²) in [6.45, 7) is 0.706. The molecule has 0 spiro atoms. The number of halogens is 1. The molecule has 3 aromatic rings. The van der Waals surface area contributed by atoms with E-state index < -0.39 is 0 Å². The van der Waals surface area contributed by atoms with E-state index in [0.29, 0.717) is 6.54 Å². The average Bonchev–Trinajstić information content (AvgIpc) is 2.79. The van der Waals surface area contributed by atoms with Crippen LogP contribution in [0, 0.1) is 5.82 Å². The van der Waals surface area contributed by atoms with E-state index in [0.717, 1.165) is 22.6 Å². The lowest BCUT2D eigenvalue weighted by Gasteiger charge is -2.04. The van der Waals surface area contributed by atoms with Crippen molar-refractivity contribution in [3.63, 3.8) is 0 Å². The Balaban J connectivity index is 2.21. The normalized spacial score (nSPS) is 11.1. The first-order chi connectivity index (χ1) is 9.29. The summed E-state index contributed by atoms with van der Waals surface area (Å²) in [5.41, 5.74) is 3.78. The van der Waals surface area contributed by atoms with E-state index >= 15 is 0 Å². The zero-order valence-corrected chi connectivity index (χ0v) is 10.6. The van der Waals surface area contributed by atoms with Crippen molar-refractivity contribution in [2.45, 2.75) is 6.54 Å². The molecule has 2 aromatic heterocycles. The van der Waals surface area contributed by atoms with Crippen molar-refractivity contribution in [3.05, 3.63) is 60.2 Å². The van der Waals surface area contributed by atoms with E-state index in [4.69, 9.17) is 0 Å². The maximum atomic E-state index is 13.0. The summed E-state index contributed by atoms with van der Waals surface area (Å²) < 4.78 is 15.1. The molecule has 1 N–H and O–H groups in total. The number of pyridine rings is 1. The smallest absolute Gasteiger partial charge is 0.137 e. The Hall–Kier alpha value is -2.20. The van der Waals surface area contributed by atoms with Gasteiger partial charge in [-0.25, -0.2) is 9.37 Å². The van der Waals surface area contributed by atoms with Crippen LogP contribution in [0.15, 0.2) is 48.7 Å². The summed E-state index contributed by atoms with van der Waals surface area (Å²) in [7, 11) is 1.90. The van der Waals surface area contributed by atoms with Crippen LogP contribution in [0.3, 0.4) is 0 Å². The summed E-state index contributed by atoms with van der Waals surface area (Å²) in [6.07, 6.45) is 1.99. The van der Waals surface area contributed by atoms with Gasteiger partial charge in [-0.3, -0.25) is 0 Å². The maximum Gasteiger partial charge on any atom is 0.137 e. The minimum Gasteiger partial charge on any atom is -0.314 e. The largest absolute Gasteiger partial charge is 0.314 e. The third-order valence-corrected chi connectivity index (χ3v) is 3.09. The molecule has 0 radical (unpaired) electrons. The Morgan fingerprint density at radius 2 is 1.95 bits per heavy atom. The lowest BCUT2D eigenvalue weighted by atomic mass is 10.1. The number of nitrogens with zero attached hydrogens (tertiary/aromatic N) is 2. The predicted octanol–water partition coefficient (Wildman–Crippen LogP) is 2.86. The van der Waals surface area contributed by atoms with Gasteiger partial charge in [0.1, 0.15) is 11.5 Å². The van der Waals surface area contributed by atoms with E-state index in [1.165, 1.54) is 12.1 Å². The molecule has 2 heterocycles. The fourth-order valence-electron chi connectivity index (χ4n) is 2.22. The third kappa shape index (κ3) is 2.11. The number of nitrogens with one attached hydrogen (secondary N) is 1. The monoisotopic (exact) mass is 255 g/mol. The number of fused-ring (bicyclic) bond motifs is 1. The van der Waals surface area contributed by atoms with Crippen LogP contribution in [0.5, 0.6) is 0 Å². The minimum absolute atomic E-state index is 0.234. The van der Waals surface area contributed by atoms with Gasteiger partial charge in [0, 0.05) is 18.3 Å². The van der Waals surface area contributed by atoms with Gasteiger partial charge in [0.25, 0.3) is 0 Å². The molecular formula is C15H14FN3. The lowest BCUT2D eigenvalue weighted by Crippen LogP contribution is -2.08. The Labute approximate surface area is 110 Å². The van der Waals surface area contributed by atoms with Crippen LogP contribution < -0.4 is 5.32 Å². The summed E-state index contributed by atoms with van der Waals surface area (Å²) in [5.74, 6) is -0.234. The molecule has 0 fully saturated rings. The number of hydrogen-bond acceptors (Lipinski definition) is 2. The molecule has 0 saturated carbocycles. The summed E-state index contributed by atoms with van der Waals surface area (Å²) in [4.78, 5) is 4.63. The second kappa shape index (κ2) is 4.82. The Bertz CT molecular complexity index is 701. The number of hydrogen-bond donors (Lipinski definition) is 1. The first-order valence-corrected chi connectivity index (χ1v) is 6.16. The fraction of sp³-hybridized carbons (Fsp3) is 0.133. The number of imidazole rings is 1. The molecule has 1 aromatic carbocycles. The molecule has 0 unspecified atom stereocenters. The molecule has 96 valence electrons. The summed E-state index contributed by atoms with van der Waals surface area (Å²) in [5, 5.41) is 3.15. The molecule has 0 saturated heterocycles. The number of rotatable bonds is 3. The van der Waals surface area contributed by atoms with E-state index in [9.17, 15) is 4.39 Å². The molecule has 0 amide bonds. The lowest BCUT2D eigenvalue weighted by molar-refractivity contribution is 0.628. The molecule has 0 bridgehead atoms. The van der Waals surface area contributed by atoms with Crippen molar-refractivity contribution < 1.29 is 4.39 Å². The quantitative estimate of drug-likeness (QED) is 0.779. The van der Waals surface area contributed by atoms with Crippen molar-refractivity contribution in [2.24, 2.45) is 0 Å². The maximum absolute atomic E-state index is 13.0. The van der Waals surface area contributed by atoms with Gasteiger partial charge < -0.3 is 9.72 Å². The summed E-state index contributed by atoms with van der Waals surface area (Å²) >= 11 is 0. The topological polar surface area (TPSA) is 29.3 Å². The van der Waals surface area contributed by atoms with Gasteiger partial charge in [-0.05, 0) is 43.4 Å². The average molecular weight is 255 g/mol. The highest BCUT2D eigenvalue weighted by atomic mass is 19.1. The highest BCUT2D eigenvalue weighted by Gasteiger charge is 2.12. The van der Waals surface area contributed by atoms with Gasteiger partial charge in [0.2, 0.25) is 0 Å². The number of benzene rings is 1. The molecule has 0 aliphatic carbocycles. The zero-order chi connectivity index (χ0) is 13.2. The van der Waals surface area contributed by atoms with Crippen molar-refractivity contribution >= 4 is 5.65 Å². The highest BCUT2D eigenvalue weighted by molar-refractivity contribution is 5.66. The molecule has 3 nitrogen and oxygen atoms in total. The number of aromatic nitrogens is 2. The first kappa shape index (κ1) is 11.9. The molecule has 19 heavy (non-hydrogen) atoms. The van der Waals surface area contributed by atoms with Crippen LogP contribution in [0.25, 0.3) is 16.9 Å². The van der Waals surface area contributed by atoms with Gasteiger partial charge in [-0.15, -0.1) is 0 Å². The van der Waals surface area contributed by atoms with Gasteiger partial charge in [-0.2, -0.15) is 0 Å². The minimum atomic E-state index is -0.234. The van der Waals surface area contributed by atoms with E-state index in [2.05, 4.69) is 14.7 Å². The second-order valence-electron chi connectivity index (χ2n) is 4.37. The van der Waals surface area contributed by atoms with Gasteiger partial charge >= 0.3 is 0 Å². The molecular weight excluding hydrogens is 241 g/mol. The van der Waals surface area contributed by atoms with Crippen LogP contribution in [0.4, 0.5) is 4.39 Å². The molecule has 3 rings (SSSR count). The Morgan fingerprint density at radius 3 is 2.68 bits per heavy atom. The van der Waals surface area contributed by atoms with Crippen LogP contribution >= 0.6 is 0 Å². The van der Waals surface area contributed by atoms with Crippen LogP contribution in [-0.4, -0.2) is 16.4 Å². The van der Waals surface area contributed by atoms with Crippen molar-refractivity contribution in [2.75, 3.05) is 7.05 Å². The molecule has 4 heteroatoms. The molecule has 0 atom stereocenters. The highest BCUT2D eigenvalue weighted by Crippen LogP contribution is 2.24. The second-order valence-corrected chi connectivity index (χ2v) is 4.37. The van der Waals surface area contributed by atoms with Crippen LogP contribution in [0.2, 0.25) is 0 Å². The predicted molar refractivity (Wildman–Crippen MR) is 73.3 cm³/mol. The van der Waals surface area contributed by atoms with Crippen molar-refractivity contribution in [1.29, 1.82) is 0 Å². The first-order valence-electron chi connectivity index (χ1n) is 6.16. The zero-order valence-electron chi connectivity index (χ0n) is 10.6.